The van der Waals surface area contributed by atoms with Crippen LogP contribution in [0.15, 0.2) is 53.2 Å². The minimum atomic E-state index is -2.15. The predicted octanol–water partition coefficient (Wildman–Crippen LogP) is 4.92. The first-order chi connectivity index (χ1) is 12.0. The lowest BCUT2D eigenvalue weighted by Crippen LogP contribution is -2.01. The van der Waals surface area contributed by atoms with E-state index in [0.717, 1.165) is 40.8 Å². The zero-order chi connectivity index (χ0) is 17.4. The Balaban J connectivity index is 1.70. The Kier molecular flexibility index (Phi) is 4.09. The molecule has 5 nitrogen and oxygen atoms in total. The molecule has 1 N–H and O–H groups in total. The van der Waals surface area contributed by atoms with Crippen LogP contribution >= 0.6 is 11.6 Å². The Labute approximate surface area is 151 Å². The molecule has 1 aliphatic rings. The molecule has 1 aliphatic carbocycles. The van der Waals surface area contributed by atoms with Crippen LogP contribution in [0.5, 0.6) is 0 Å². The van der Waals surface area contributed by atoms with E-state index in [2.05, 4.69) is 19.6 Å². The summed E-state index contributed by atoms with van der Waals surface area (Å²) in [6, 6.07) is 11.3. The summed E-state index contributed by atoms with van der Waals surface area (Å²) in [6.45, 7) is 0. The lowest BCUT2D eigenvalue weighted by molar-refractivity contribution is 0.680. The highest BCUT2D eigenvalue weighted by Crippen LogP contribution is 2.33. The van der Waals surface area contributed by atoms with Gasteiger partial charge in [-0.2, -0.15) is 4.36 Å². The fourth-order valence-electron chi connectivity index (χ4n) is 2.70. The molecule has 2 aromatic heterocycles. The number of aromatic nitrogens is 2. The van der Waals surface area contributed by atoms with E-state index in [-0.39, 0.29) is 5.25 Å². The van der Waals surface area contributed by atoms with Gasteiger partial charge in [-0.25, -0.2) is 14.2 Å². The molecule has 0 spiro atoms. The monoisotopic (exact) mass is 372 g/mol. The smallest absolute Gasteiger partial charge is 0.138 e. The first-order valence-electron chi connectivity index (χ1n) is 8.00. The maximum Gasteiger partial charge on any atom is 0.138 e. The van der Waals surface area contributed by atoms with Gasteiger partial charge in [0.05, 0.1) is 27.3 Å². The van der Waals surface area contributed by atoms with Crippen LogP contribution in [0, 0.1) is 0 Å². The first kappa shape index (κ1) is 16.3. The highest BCUT2D eigenvalue weighted by molar-refractivity contribution is 7.93. The Morgan fingerprint density at radius 3 is 2.76 bits per heavy atom. The van der Waals surface area contributed by atoms with Gasteiger partial charge >= 0.3 is 0 Å². The third-order valence-corrected chi connectivity index (χ3v) is 6.67. The van der Waals surface area contributed by atoms with Gasteiger partial charge in [-0.15, -0.1) is 0 Å². The van der Waals surface area contributed by atoms with Gasteiger partial charge in [0.25, 0.3) is 0 Å². The molecule has 128 valence electrons. The Morgan fingerprint density at radius 2 is 2.04 bits per heavy atom. The molecule has 7 heteroatoms. The molecule has 3 aromatic rings. The summed E-state index contributed by atoms with van der Waals surface area (Å²) in [5.74, 6) is 0.729. The van der Waals surface area contributed by atoms with Gasteiger partial charge in [-0.3, -0.25) is 0 Å². The van der Waals surface area contributed by atoms with E-state index in [9.17, 15) is 4.21 Å². The number of pyridine rings is 2. The van der Waals surface area contributed by atoms with Crippen LogP contribution in [0.1, 0.15) is 12.8 Å². The molecular formula is C18H17ClN4OS. The minimum Gasteiger partial charge on any atom is -0.338 e. The molecule has 25 heavy (non-hydrogen) atoms. The molecule has 0 bridgehead atoms. The predicted molar refractivity (Wildman–Crippen MR) is 103 cm³/mol. The lowest BCUT2D eigenvalue weighted by Gasteiger charge is -2.09. The molecule has 4 rings (SSSR count). The van der Waals surface area contributed by atoms with Crippen LogP contribution in [-0.2, 0) is 9.73 Å². The first-order valence-corrected chi connectivity index (χ1v) is 10.4. The highest BCUT2D eigenvalue weighted by Gasteiger charge is 2.30. The molecule has 0 saturated heterocycles. The van der Waals surface area contributed by atoms with E-state index in [1.54, 1.807) is 24.7 Å². The second-order valence-corrected chi connectivity index (χ2v) is 9.17. The van der Waals surface area contributed by atoms with Crippen molar-refractivity contribution in [3.8, 4) is 0 Å². The van der Waals surface area contributed by atoms with E-state index < -0.39 is 9.73 Å². The quantitative estimate of drug-likeness (QED) is 0.660. The number of benzene rings is 1. The van der Waals surface area contributed by atoms with Crippen molar-refractivity contribution in [2.45, 2.75) is 18.1 Å². The third kappa shape index (κ3) is 3.60. The average Bonchev–Trinajstić information content (AvgIpc) is 3.42. The largest absolute Gasteiger partial charge is 0.338 e. The number of anilines is 2. The van der Waals surface area contributed by atoms with Crippen molar-refractivity contribution in [3.63, 3.8) is 0 Å². The Morgan fingerprint density at radius 1 is 1.20 bits per heavy atom. The molecule has 1 aromatic carbocycles. The fourth-order valence-corrected chi connectivity index (χ4v) is 4.50. The van der Waals surface area contributed by atoms with Crippen LogP contribution in [-0.4, -0.2) is 25.7 Å². The van der Waals surface area contributed by atoms with Gasteiger partial charge in [0.2, 0.25) is 0 Å². The Bertz CT molecular complexity index is 1050. The van der Waals surface area contributed by atoms with Crippen LogP contribution in [0.3, 0.4) is 0 Å². The van der Waals surface area contributed by atoms with Crippen LogP contribution < -0.4 is 5.32 Å². The molecule has 0 amide bonds. The second kappa shape index (κ2) is 6.28. The van der Waals surface area contributed by atoms with Crippen molar-refractivity contribution >= 4 is 49.3 Å². The molecule has 1 atom stereocenters. The summed E-state index contributed by atoms with van der Waals surface area (Å²) in [5.41, 5.74) is 1.56. The van der Waals surface area contributed by atoms with Crippen LogP contribution in [0.4, 0.5) is 17.2 Å². The van der Waals surface area contributed by atoms with Gasteiger partial charge in [-0.05, 0) is 54.6 Å². The summed E-state index contributed by atoms with van der Waals surface area (Å²) in [5, 5.41) is 5.90. The molecule has 2 heterocycles. The van der Waals surface area contributed by atoms with Crippen molar-refractivity contribution in [3.05, 3.63) is 53.9 Å². The van der Waals surface area contributed by atoms with E-state index in [4.69, 9.17) is 11.6 Å². The topological polar surface area (TPSA) is 67.2 Å². The summed E-state index contributed by atoms with van der Waals surface area (Å²) in [4.78, 5) is 8.47. The maximum absolute atomic E-state index is 12.6. The normalized spacial score (nSPS) is 16.4. The van der Waals surface area contributed by atoms with Crippen molar-refractivity contribution in [1.29, 1.82) is 0 Å². The van der Waals surface area contributed by atoms with Gasteiger partial charge < -0.3 is 5.32 Å². The number of hydrogen-bond donors (Lipinski definition) is 1. The number of nitrogens with one attached hydrogen (secondary N) is 1. The summed E-state index contributed by atoms with van der Waals surface area (Å²) in [7, 11) is -2.15. The van der Waals surface area contributed by atoms with Crippen molar-refractivity contribution in [2.24, 2.45) is 4.36 Å². The van der Waals surface area contributed by atoms with Crippen LogP contribution in [0.25, 0.3) is 10.8 Å². The van der Waals surface area contributed by atoms with Crippen molar-refractivity contribution in [2.75, 3.05) is 11.6 Å². The molecule has 0 radical (unpaired) electrons. The molecular weight excluding hydrogens is 356 g/mol. The summed E-state index contributed by atoms with van der Waals surface area (Å²) in [6.07, 6.45) is 7.18. The van der Waals surface area contributed by atoms with E-state index >= 15 is 0 Å². The van der Waals surface area contributed by atoms with Crippen molar-refractivity contribution in [1.82, 2.24) is 9.97 Å². The van der Waals surface area contributed by atoms with Gasteiger partial charge in [0.1, 0.15) is 11.0 Å². The minimum absolute atomic E-state index is 0.246. The van der Waals surface area contributed by atoms with Gasteiger partial charge in [0.15, 0.2) is 0 Å². The van der Waals surface area contributed by atoms with Gasteiger partial charge in [0, 0.05) is 23.1 Å². The number of fused-ring (bicyclic) bond motifs is 1. The zero-order valence-electron chi connectivity index (χ0n) is 13.6. The second-order valence-electron chi connectivity index (χ2n) is 6.21. The molecule has 0 aliphatic heterocycles. The van der Waals surface area contributed by atoms with Gasteiger partial charge in [-0.1, -0.05) is 11.6 Å². The number of nitrogens with zero attached hydrogens (tertiary/aromatic N) is 3. The average molecular weight is 373 g/mol. The number of hydrogen-bond acceptors (Lipinski definition) is 5. The highest BCUT2D eigenvalue weighted by atomic mass is 35.5. The molecule has 1 saturated carbocycles. The molecule has 0 unspecified atom stereocenters. The zero-order valence-corrected chi connectivity index (χ0v) is 15.2. The van der Waals surface area contributed by atoms with Crippen molar-refractivity contribution < 1.29 is 4.21 Å². The lowest BCUT2D eigenvalue weighted by atomic mass is 10.1. The van der Waals surface area contributed by atoms with E-state index in [1.165, 1.54) is 0 Å². The fraction of sp³-hybridized carbons (Fsp3) is 0.222. The Hall–Kier alpha value is -2.18. The summed E-state index contributed by atoms with van der Waals surface area (Å²) >= 11 is 5.82. The third-order valence-electron chi connectivity index (χ3n) is 4.17. The van der Waals surface area contributed by atoms with E-state index in [1.807, 2.05) is 30.3 Å². The number of halogens is 1. The standard InChI is InChI=1S/C18H17ClN4OS/c1-25(24,15-4-5-15)23-13-2-6-16-12(10-13)8-9-20-18(16)22-14-3-7-17(19)21-11-14/h2-3,6-11,15H,4-5H2,1H3,(H,20,22)/t25-/m0/s1. The maximum atomic E-state index is 12.6. The van der Waals surface area contributed by atoms with E-state index in [0.29, 0.717) is 5.15 Å². The summed E-state index contributed by atoms with van der Waals surface area (Å²) < 4.78 is 17.1. The number of rotatable bonds is 4. The van der Waals surface area contributed by atoms with Crippen LogP contribution in [0.2, 0.25) is 5.15 Å². The molecule has 1 fully saturated rings. The SMILES string of the molecule is C[S@@](=O)(=Nc1ccc2c(Nc3ccc(Cl)nc3)nccc2c1)C1CC1.